The molecule has 1 heterocycles. The van der Waals surface area contributed by atoms with Crippen molar-refractivity contribution in [3.05, 3.63) is 16.1 Å². The number of aromatic nitrogens is 1. The minimum absolute atomic E-state index is 0.176. The first kappa shape index (κ1) is 17.0. The molecule has 1 aliphatic carbocycles. The second kappa shape index (κ2) is 6.37. The van der Waals surface area contributed by atoms with Crippen LogP contribution >= 0.6 is 11.3 Å². The molecule has 0 atom stereocenters. The van der Waals surface area contributed by atoms with Crippen LogP contribution in [0.4, 0.5) is 0 Å². The lowest BCUT2D eigenvalue weighted by Gasteiger charge is -2.36. The van der Waals surface area contributed by atoms with E-state index in [-0.39, 0.29) is 5.54 Å². The van der Waals surface area contributed by atoms with Gasteiger partial charge in [-0.2, -0.15) is 0 Å². The lowest BCUT2D eigenvalue weighted by molar-refractivity contribution is 0.169. The van der Waals surface area contributed by atoms with Gasteiger partial charge in [-0.1, -0.05) is 20.8 Å². The standard InChI is InChI=1S/C18H32N2S/c1-17(2,3)14-9-7-13(8-10-14)16-19-11-15(21-16)12-20-18(4,5)6/h11,13-14,20H,7-10,12H2,1-6H3. The third-order valence-electron chi connectivity index (χ3n) is 4.67. The van der Waals surface area contributed by atoms with Crippen LogP contribution < -0.4 is 5.32 Å². The molecule has 0 aliphatic heterocycles. The lowest BCUT2D eigenvalue weighted by Crippen LogP contribution is -2.34. The summed E-state index contributed by atoms with van der Waals surface area (Å²) >= 11 is 1.92. The van der Waals surface area contributed by atoms with E-state index < -0.39 is 0 Å². The summed E-state index contributed by atoms with van der Waals surface area (Å²) in [6.07, 6.45) is 7.45. The van der Waals surface area contributed by atoms with Gasteiger partial charge in [0.1, 0.15) is 0 Å². The zero-order valence-corrected chi connectivity index (χ0v) is 15.4. The molecule has 0 radical (unpaired) electrons. The zero-order chi connectivity index (χ0) is 15.7. The highest BCUT2D eigenvalue weighted by molar-refractivity contribution is 7.11. The number of hydrogen-bond donors (Lipinski definition) is 1. The first-order valence-electron chi connectivity index (χ1n) is 8.35. The Balaban J connectivity index is 1.88. The lowest BCUT2D eigenvalue weighted by atomic mass is 9.70. The predicted octanol–water partition coefficient (Wildman–Crippen LogP) is 5.35. The van der Waals surface area contributed by atoms with Crippen LogP contribution in [0.1, 0.15) is 83.0 Å². The van der Waals surface area contributed by atoms with Gasteiger partial charge in [0.2, 0.25) is 0 Å². The second-order valence-corrected chi connectivity index (χ2v) is 9.83. The topological polar surface area (TPSA) is 24.9 Å². The molecule has 120 valence electrons. The van der Waals surface area contributed by atoms with Crippen LogP contribution in [0.3, 0.4) is 0 Å². The Morgan fingerprint density at radius 2 is 1.71 bits per heavy atom. The quantitative estimate of drug-likeness (QED) is 0.814. The number of nitrogens with zero attached hydrogens (tertiary/aromatic N) is 1. The van der Waals surface area contributed by atoms with Crippen LogP contribution in [-0.2, 0) is 6.54 Å². The molecule has 1 aromatic heterocycles. The first-order chi connectivity index (χ1) is 9.65. The molecule has 0 saturated heterocycles. The van der Waals surface area contributed by atoms with Crippen molar-refractivity contribution >= 4 is 11.3 Å². The van der Waals surface area contributed by atoms with Gasteiger partial charge in [0, 0.05) is 29.1 Å². The third-order valence-corrected chi connectivity index (χ3v) is 5.83. The second-order valence-electron chi connectivity index (χ2n) is 8.68. The summed E-state index contributed by atoms with van der Waals surface area (Å²) in [5.74, 6) is 1.59. The van der Waals surface area contributed by atoms with Gasteiger partial charge in [0.25, 0.3) is 0 Å². The van der Waals surface area contributed by atoms with E-state index in [2.05, 4.69) is 53.1 Å². The fourth-order valence-corrected chi connectivity index (χ4v) is 4.18. The summed E-state index contributed by atoms with van der Waals surface area (Å²) in [6, 6.07) is 0. The molecular weight excluding hydrogens is 276 g/mol. The van der Waals surface area contributed by atoms with Crippen LogP contribution in [0.2, 0.25) is 0 Å². The normalized spacial score (nSPS) is 24.3. The Morgan fingerprint density at radius 3 is 2.24 bits per heavy atom. The maximum atomic E-state index is 4.71. The molecular formula is C18H32N2S. The largest absolute Gasteiger partial charge is 0.307 e. The summed E-state index contributed by atoms with van der Waals surface area (Å²) in [5, 5.41) is 4.92. The highest BCUT2D eigenvalue weighted by Gasteiger charge is 2.31. The SMILES string of the molecule is CC(C)(C)NCc1cnc(C2CCC(C(C)(C)C)CC2)s1. The van der Waals surface area contributed by atoms with Crippen LogP contribution in [0.5, 0.6) is 0 Å². The predicted molar refractivity (Wildman–Crippen MR) is 92.9 cm³/mol. The van der Waals surface area contributed by atoms with Crippen molar-refractivity contribution in [1.82, 2.24) is 10.3 Å². The van der Waals surface area contributed by atoms with E-state index in [1.807, 2.05) is 11.3 Å². The van der Waals surface area contributed by atoms with Crippen molar-refractivity contribution in [2.45, 2.75) is 85.2 Å². The number of thiazole rings is 1. The van der Waals surface area contributed by atoms with E-state index in [0.29, 0.717) is 11.3 Å². The van der Waals surface area contributed by atoms with Crippen molar-refractivity contribution in [2.24, 2.45) is 11.3 Å². The fourth-order valence-electron chi connectivity index (χ4n) is 3.15. The van der Waals surface area contributed by atoms with Crippen molar-refractivity contribution in [3.63, 3.8) is 0 Å². The van der Waals surface area contributed by atoms with Crippen LogP contribution in [0, 0.1) is 11.3 Å². The molecule has 2 nitrogen and oxygen atoms in total. The van der Waals surface area contributed by atoms with E-state index in [1.165, 1.54) is 35.6 Å². The van der Waals surface area contributed by atoms with Crippen molar-refractivity contribution in [2.75, 3.05) is 0 Å². The van der Waals surface area contributed by atoms with Gasteiger partial charge in [-0.05, 0) is 57.8 Å². The van der Waals surface area contributed by atoms with Crippen molar-refractivity contribution in [1.29, 1.82) is 0 Å². The molecule has 21 heavy (non-hydrogen) atoms. The Bertz CT molecular complexity index is 443. The zero-order valence-electron chi connectivity index (χ0n) is 14.6. The van der Waals surface area contributed by atoms with Crippen LogP contribution in [0.15, 0.2) is 6.20 Å². The third kappa shape index (κ3) is 5.07. The molecule has 1 N–H and O–H groups in total. The molecule has 0 aromatic carbocycles. The fraction of sp³-hybridized carbons (Fsp3) is 0.833. The van der Waals surface area contributed by atoms with Gasteiger partial charge >= 0.3 is 0 Å². The summed E-state index contributed by atoms with van der Waals surface area (Å²) in [7, 11) is 0. The summed E-state index contributed by atoms with van der Waals surface area (Å²) < 4.78 is 0. The van der Waals surface area contributed by atoms with Gasteiger partial charge in [-0.3, -0.25) is 0 Å². The molecule has 1 aliphatic rings. The average Bonchev–Trinajstić information content (AvgIpc) is 2.83. The highest BCUT2D eigenvalue weighted by Crippen LogP contribution is 2.43. The van der Waals surface area contributed by atoms with E-state index in [1.54, 1.807) is 0 Å². The van der Waals surface area contributed by atoms with E-state index in [4.69, 9.17) is 4.98 Å². The smallest absolute Gasteiger partial charge is 0.0959 e. The molecule has 1 aromatic rings. The van der Waals surface area contributed by atoms with Crippen LogP contribution in [0.25, 0.3) is 0 Å². The first-order valence-corrected chi connectivity index (χ1v) is 9.16. The van der Waals surface area contributed by atoms with Crippen molar-refractivity contribution < 1.29 is 0 Å². The molecule has 0 amide bonds. The van der Waals surface area contributed by atoms with Crippen molar-refractivity contribution in [3.8, 4) is 0 Å². The number of rotatable bonds is 3. The van der Waals surface area contributed by atoms with Gasteiger partial charge < -0.3 is 5.32 Å². The Hall–Kier alpha value is -0.410. The Morgan fingerprint density at radius 1 is 1.10 bits per heavy atom. The maximum absolute atomic E-state index is 4.71. The summed E-state index contributed by atoms with van der Waals surface area (Å²) in [4.78, 5) is 6.08. The molecule has 1 saturated carbocycles. The molecule has 2 rings (SSSR count). The molecule has 3 heteroatoms. The van der Waals surface area contributed by atoms with Gasteiger partial charge in [0.05, 0.1) is 5.01 Å². The van der Waals surface area contributed by atoms with Gasteiger partial charge in [0.15, 0.2) is 0 Å². The van der Waals surface area contributed by atoms with Crippen LogP contribution in [-0.4, -0.2) is 10.5 Å². The summed E-state index contributed by atoms with van der Waals surface area (Å²) in [5.41, 5.74) is 0.643. The van der Waals surface area contributed by atoms with Gasteiger partial charge in [-0.25, -0.2) is 4.98 Å². The highest BCUT2D eigenvalue weighted by atomic mass is 32.1. The van der Waals surface area contributed by atoms with E-state index >= 15 is 0 Å². The number of hydrogen-bond acceptors (Lipinski definition) is 3. The minimum Gasteiger partial charge on any atom is -0.307 e. The Labute approximate surface area is 134 Å². The number of nitrogens with one attached hydrogen (secondary N) is 1. The van der Waals surface area contributed by atoms with Gasteiger partial charge in [-0.15, -0.1) is 11.3 Å². The molecule has 0 unspecified atom stereocenters. The minimum atomic E-state index is 0.176. The maximum Gasteiger partial charge on any atom is 0.0959 e. The monoisotopic (exact) mass is 308 g/mol. The Kier molecular flexibility index (Phi) is 5.15. The van der Waals surface area contributed by atoms with E-state index in [0.717, 1.165) is 12.5 Å². The molecule has 0 bridgehead atoms. The molecule has 1 fully saturated rings. The average molecular weight is 309 g/mol. The molecule has 0 spiro atoms. The summed E-state index contributed by atoms with van der Waals surface area (Å²) in [6.45, 7) is 14.7. The van der Waals surface area contributed by atoms with E-state index in [9.17, 15) is 0 Å².